The Bertz CT molecular complexity index is 450. The fourth-order valence-electron chi connectivity index (χ4n) is 4.17. The van der Waals surface area contributed by atoms with Gasteiger partial charge in [0.15, 0.2) is 0 Å². The number of rotatable bonds is 4. The van der Waals surface area contributed by atoms with Crippen molar-refractivity contribution >= 4 is 11.8 Å². The number of methoxy groups -OCH3 is 1. The molecule has 3 aliphatic rings. The van der Waals surface area contributed by atoms with E-state index in [1.54, 1.807) is 7.11 Å². The van der Waals surface area contributed by atoms with Gasteiger partial charge in [0.2, 0.25) is 11.8 Å². The van der Waals surface area contributed by atoms with Crippen molar-refractivity contribution in [3.8, 4) is 0 Å². The first-order valence-electron chi connectivity index (χ1n) is 8.81. The molecule has 3 heterocycles. The van der Waals surface area contributed by atoms with Crippen molar-refractivity contribution in [2.75, 3.05) is 53.1 Å². The van der Waals surface area contributed by atoms with Gasteiger partial charge in [-0.2, -0.15) is 0 Å². The molecule has 0 aromatic carbocycles. The molecule has 0 aromatic rings. The molecule has 0 aliphatic carbocycles. The van der Waals surface area contributed by atoms with Gasteiger partial charge in [-0.1, -0.05) is 0 Å². The molecule has 0 N–H and O–H groups in total. The summed E-state index contributed by atoms with van der Waals surface area (Å²) in [6, 6.07) is 0. The predicted molar refractivity (Wildman–Crippen MR) is 84.9 cm³/mol. The van der Waals surface area contributed by atoms with E-state index in [0.717, 1.165) is 45.2 Å². The normalized spacial score (nSPS) is 31.9. The van der Waals surface area contributed by atoms with Gasteiger partial charge in [-0.3, -0.25) is 9.59 Å². The fourth-order valence-corrected chi connectivity index (χ4v) is 4.17. The smallest absolute Gasteiger partial charge is 0.229 e. The van der Waals surface area contributed by atoms with Crippen molar-refractivity contribution in [2.24, 2.45) is 11.3 Å². The van der Waals surface area contributed by atoms with Gasteiger partial charge in [-0.05, 0) is 32.1 Å². The highest BCUT2D eigenvalue weighted by molar-refractivity contribution is 5.85. The van der Waals surface area contributed by atoms with Crippen molar-refractivity contribution in [3.63, 3.8) is 0 Å². The molecular weight excluding hydrogens is 296 g/mol. The third kappa shape index (κ3) is 3.38. The van der Waals surface area contributed by atoms with Crippen LogP contribution in [0.1, 0.15) is 32.1 Å². The maximum absolute atomic E-state index is 12.8. The fraction of sp³-hybridized carbons (Fsp3) is 0.882. The summed E-state index contributed by atoms with van der Waals surface area (Å²) in [5.74, 6) is 0.524. The molecule has 6 heteroatoms. The SMILES string of the molecule is COCCN1CC[C@]2(CCCN(C(=O)[C@H]3CCOC3)CC2)C1=O. The Morgan fingerprint density at radius 1 is 1.30 bits per heavy atom. The maximum Gasteiger partial charge on any atom is 0.229 e. The Morgan fingerprint density at radius 3 is 2.87 bits per heavy atom. The molecule has 2 atom stereocenters. The van der Waals surface area contributed by atoms with Gasteiger partial charge in [0.1, 0.15) is 0 Å². The van der Waals surface area contributed by atoms with E-state index in [1.807, 2.05) is 9.80 Å². The van der Waals surface area contributed by atoms with Gasteiger partial charge in [-0.15, -0.1) is 0 Å². The number of carbonyl (C=O) groups excluding carboxylic acids is 2. The topological polar surface area (TPSA) is 59.1 Å². The molecule has 3 aliphatic heterocycles. The summed E-state index contributed by atoms with van der Waals surface area (Å²) in [6.07, 6.45) is 4.38. The molecule has 0 radical (unpaired) electrons. The van der Waals surface area contributed by atoms with E-state index in [-0.39, 0.29) is 23.1 Å². The molecule has 0 unspecified atom stereocenters. The van der Waals surface area contributed by atoms with Crippen molar-refractivity contribution in [2.45, 2.75) is 32.1 Å². The molecule has 1 spiro atoms. The first kappa shape index (κ1) is 16.7. The van der Waals surface area contributed by atoms with Crippen molar-refractivity contribution in [1.82, 2.24) is 9.80 Å². The molecule has 130 valence electrons. The van der Waals surface area contributed by atoms with E-state index in [9.17, 15) is 9.59 Å². The minimum atomic E-state index is -0.241. The number of nitrogens with zero attached hydrogens (tertiary/aromatic N) is 2. The first-order chi connectivity index (χ1) is 11.2. The van der Waals surface area contributed by atoms with Crippen LogP contribution in [0.3, 0.4) is 0 Å². The molecular formula is C17H28N2O4. The molecule has 6 nitrogen and oxygen atoms in total. The number of carbonyl (C=O) groups is 2. The average Bonchev–Trinajstić information content (AvgIpc) is 3.12. The van der Waals surface area contributed by atoms with Crippen LogP contribution in [0.15, 0.2) is 0 Å². The lowest BCUT2D eigenvalue weighted by Crippen LogP contribution is -2.39. The quantitative estimate of drug-likeness (QED) is 0.771. The van der Waals surface area contributed by atoms with Gasteiger partial charge in [-0.25, -0.2) is 0 Å². The standard InChI is InChI=1S/C17H28N2O4/c1-22-12-10-19-9-6-17(16(19)21)4-2-7-18(8-5-17)15(20)14-3-11-23-13-14/h14H,2-13H2,1H3/t14-,17+/m0/s1. The Kier molecular flexibility index (Phi) is 5.21. The van der Waals surface area contributed by atoms with E-state index in [4.69, 9.17) is 9.47 Å². The summed E-state index contributed by atoms with van der Waals surface area (Å²) in [5.41, 5.74) is -0.241. The summed E-state index contributed by atoms with van der Waals surface area (Å²) in [7, 11) is 1.66. The molecule has 3 rings (SSSR count). The lowest BCUT2D eigenvalue weighted by molar-refractivity contribution is -0.138. The second kappa shape index (κ2) is 7.18. The van der Waals surface area contributed by atoms with Gasteiger partial charge in [0.05, 0.1) is 24.5 Å². The largest absolute Gasteiger partial charge is 0.383 e. The number of hydrogen-bond donors (Lipinski definition) is 0. The van der Waals surface area contributed by atoms with Crippen LogP contribution in [-0.4, -0.2) is 74.7 Å². The third-order valence-electron chi connectivity index (χ3n) is 5.70. The number of likely N-dealkylation sites (tertiary alicyclic amines) is 2. The summed E-state index contributed by atoms with van der Waals surface area (Å²) >= 11 is 0. The monoisotopic (exact) mass is 324 g/mol. The van der Waals surface area contributed by atoms with Crippen LogP contribution in [0.2, 0.25) is 0 Å². The van der Waals surface area contributed by atoms with E-state index in [0.29, 0.717) is 32.9 Å². The average molecular weight is 324 g/mol. The Morgan fingerprint density at radius 2 is 2.13 bits per heavy atom. The van der Waals surface area contributed by atoms with Crippen LogP contribution in [0.4, 0.5) is 0 Å². The Hall–Kier alpha value is -1.14. The van der Waals surface area contributed by atoms with Crippen LogP contribution in [-0.2, 0) is 19.1 Å². The second-order valence-electron chi connectivity index (χ2n) is 7.05. The van der Waals surface area contributed by atoms with Crippen LogP contribution >= 0.6 is 0 Å². The van der Waals surface area contributed by atoms with Crippen molar-refractivity contribution in [3.05, 3.63) is 0 Å². The molecule has 2 amide bonds. The zero-order valence-electron chi connectivity index (χ0n) is 14.1. The summed E-state index contributed by atoms with van der Waals surface area (Å²) in [6.45, 7) is 4.84. The van der Waals surface area contributed by atoms with E-state index in [2.05, 4.69) is 0 Å². The third-order valence-corrected chi connectivity index (χ3v) is 5.70. The van der Waals surface area contributed by atoms with Gasteiger partial charge < -0.3 is 19.3 Å². The Balaban J connectivity index is 1.59. The van der Waals surface area contributed by atoms with Gasteiger partial charge in [0.25, 0.3) is 0 Å². The highest BCUT2D eigenvalue weighted by atomic mass is 16.5. The predicted octanol–water partition coefficient (Wildman–Crippen LogP) is 0.901. The van der Waals surface area contributed by atoms with Crippen molar-refractivity contribution in [1.29, 1.82) is 0 Å². The van der Waals surface area contributed by atoms with E-state index >= 15 is 0 Å². The van der Waals surface area contributed by atoms with Crippen LogP contribution in [0, 0.1) is 11.3 Å². The molecule has 23 heavy (non-hydrogen) atoms. The van der Waals surface area contributed by atoms with Crippen LogP contribution in [0.5, 0.6) is 0 Å². The summed E-state index contributed by atoms with van der Waals surface area (Å²) < 4.78 is 10.4. The molecule has 0 bridgehead atoms. The minimum absolute atomic E-state index is 0.0292. The number of ether oxygens (including phenoxy) is 2. The molecule has 0 saturated carbocycles. The highest BCUT2D eigenvalue weighted by Gasteiger charge is 2.47. The van der Waals surface area contributed by atoms with Crippen molar-refractivity contribution < 1.29 is 19.1 Å². The highest BCUT2D eigenvalue weighted by Crippen LogP contribution is 2.41. The van der Waals surface area contributed by atoms with E-state index < -0.39 is 0 Å². The minimum Gasteiger partial charge on any atom is -0.383 e. The first-order valence-corrected chi connectivity index (χ1v) is 8.81. The Labute approximate surface area is 138 Å². The molecule has 3 fully saturated rings. The van der Waals surface area contributed by atoms with Crippen LogP contribution in [0.25, 0.3) is 0 Å². The zero-order valence-corrected chi connectivity index (χ0v) is 14.1. The summed E-state index contributed by atoms with van der Waals surface area (Å²) in [4.78, 5) is 29.3. The zero-order chi connectivity index (χ0) is 16.3. The van der Waals surface area contributed by atoms with Gasteiger partial charge in [0, 0.05) is 39.9 Å². The number of hydrogen-bond acceptors (Lipinski definition) is 4. The van der Waals surface area contributed by atoms with E-state index in [1.165, 1.54) is 0 Å². The number of amides is 2. The molecule has 0 aromatic heterocycles. The van der Waals surface area contributed by atoms with Crippen LogP contribution < -0.4 is 0 Å². The maximum atomic E-state index is 12.8. The van der Waals surface area contributed by atoms with Gasteiger partial charge >= 0.3 is 0 Å². The lowest BCUT2D eigenvalue weighted by Gasteiger charge is -2.27. The molecule has 3 saturated heterocycles. The summed E-state index contributed by atoms with van der Waals surface area (Å²) in [5, 5.41) is 0. The lowest BCUT2D eigenvalue weighted by atomic mass is 9.79. The second-order valence-corrected chi connectivity index (χ2v) is 7.05.